The van der Waals surface area contributed by atoms with Crippen molar-refractivity contribution in [3.63, 3.8) is 0 Å². The van der Waals surface area contributed by atoms with Crippen molar-refractivity contribution in [3.8, 4) is 0 Å². The van der Waals surface area contributed by atoms with Crippen LogP contribution in [-0.4, -0.2) is 30.2 Å². The molecule has 9 heteroatoms. The largest absolute Gasteiger partial charge is 0.309 e. The highest BCUT2D eigenvalue weighted by Crippen LogP contribution is 2.37. The molecule has 3 aromatic rings. The first-order valence-corrected chi connectivity index (χ1v) is 10.8. The predicted molar refractivity (Wildman–Crippen MR) is 104 cm³/mol. The Balaban J connectivity index is 1.59. The van der Waals surface area contributed by atoms with Crippen molar-refractivity contribution in [2.75, 3.05) is 0 Å². The molecule has 138 valence electrons. The van der Waals surface area contributed by atoms with E-state index in [0.29, 0.717) is 23.5 Å². The monoisotopic (exact) mass is 390 g/mol. The maximum absolute atomic E-state index is 12.7. The lowest BCUT2D eigenvalue weighted by atomic mass is 9.98. The fourth-order valence-corrected chi connectivity index (χ4v) is 4.88. The van der Waals surface area contributed by atoms with E-state index in [9.17, 15) is 4.79 Å². The van der Waals surface area contributed by atoms with E-state index in [0.717, 1.165) is 46.6 Å². The molecule has 4 rings (SSSR count). The Morgan fingerprint density at radius 3 is 2.96 bits per heavy atom. The fraction of sp³-hybridized carbons (Fsp3) is 0.588. The molecule has 0 amide bonds. The second kappa shape index (κ2) is 7.11. The zero-order chi connectivity index (χ0) is 18.3. The molecule has 1 saturated carbocycles. The van der Waals surface area contributed by atoms with Gasteiger partial charge in [-0.15, -0.1) is 16.4 Å². The van der Waals surface area contributed by atoms with Gasteiger partial charge in [-0.2, -0.15) is 0 Å². The van der Waals surface area contributed by atoms with Gasteiger partial charge in [-0.3, -0.25) is 4.79 Å². The number of tetrazole rings is 1. The molecule has 0 saturated heterocycles. The summed E-state index contributed by atoms with van der Waals surface area (Å²) < 4.78 is 1.88. The van der Waals surface area contributed by atoms with Crippen molar-refractivity contribution in [2.24, 2.45) is 5.92 Å². The van der Waals surface area contributed by atoms with Crippen LogP contribution in [0.15, 0.2) is 9.95 Å². The average molecular weight is 391 g/mol. The van der Waals surface area contributed by atoms with Gasteiger partial charge < -0.3 is 4.98 Å². The third-order valence-electron chi connectivity index (χ3n) is 4.85. The van der Waals surface area contributed by atoms with E-state index in [2.05, 4.69) is 41.3 Å². The highest BCUT2D eigenvalue weighted by molar-refractivity contribution is 7.98. The van der Waals surface area contributed by atoms with Gasteiger partial charge in [0.15, 0.2) is 0 Å². The van der Waals surface area contributed by atoms with Crippen molar-refractivity contribution < 1.29 is 0 Å². The van der Waals surface area contributed by atoms with Gasteiger partial charge in [0.2, 0.25) is 5.16 Å². The van der Waals surface area contributed by atoms with Gasteiger partial charge in [0.05, 0.1) is 17.2 Å². The lowest BCUT2D eigenvalue weighted by Crippen LogP contribution is -2.12. The summed E-state index contributed by atoms with van der Waals surface area (Å²) in [5, 5.41) is 13.5. The second-order valence-electron chi connectivity index (χ2n) is 6.97. The summed E-state index contributed by atoms with van der Waals surface area (Å²) >= 11 is 3.13. The van der Waals surface area contributed by atoms with Crippen LogP contribution < -0.4 is 5.56 Å². The number of H-pyrrole nitrogens is 1. The van der Waals surface area contributed by atoms with E-state index in [-0.39, 0.29) is 5.56 Å². The smallest absolute Gasteiger partial charge is 0.259 e. The number of aryl methyl sites for hydroxylation is 1. The molecule has 0 radical (unpaired) electrons. The van der Waals surface area contributed by atoms with E-state index in [1.807, 2.05) is 4.68 Å². The summed E-state index contributed by atoms with van der Waals surface area (Å²) in [5.41, 5.74) is 1.13. The minimum absolute atomic E-state index is 0.0324. The lowest BCUT2D eigenvalue weighted by Gasteiger charge is -2.08. The first-order chi connectivity index (χ1) is 12.6. The normalized spacial score (nSPS) is 15.7. The molecule has 0 aromatic carbocycles. The molecule has 0 spiro atoms. The maximum atomic E-state index is 12.7. The van der Waals surface area contributed by atoms with E-state index in [4.69, 9.17) is 4.98 Å². The second-order valence-corrected chi connectivity index (χ2v) is 9.12. The standard InChI is InChI=1S/C17H22N6OS2/c1-4-9(2)7-12-10(3)26-16-14(12)15(24)18-13(19-16)8-25-17-20-21-22-23(17)11-5-6-11/h9,11H,4-8H2,1-3H3,(H,18,19,24)/t9-/m0/s1. The zero-order valence-corrected chi connectivity index (χ0v) is 16.8. The van der Waals surface area contributed by atoms with Crippen LogP contribution in [0.25, 0.3) is 10.2 Å². The van der Waals surface area contributed by atoms with Crippen molar-refractivity contribution >= 4 is 33.3 Å². The quantitative estimate of drug-likeness (QED) is 0.621. The van der Waals surface area contributed by atoms with Crippen LogP contribution >= 0.6 is 23.1 Å². The van der Waals surface area contributed by atoms with Gasteiger partial charge in [-0.25, -0.2) is 9.67 Å². The van der Waals surface area contributed by atoms with Gasteiger partial charge in [0, 0.05) is 4.88 Å². The third-order valence-corrected chi connectivity index (χ3v) is 6.84. The SMILES string of the molecule is CC[C@H](C)Cc1c(C)sc2nc(CSc3nnnn3C3CC3)[nH]c(=O)c12. The summed E-state index contributed by atoms with van der Waals surface area (Å²) in [5.74, 6) is 1.78. The van der Waals surface area contributed by atoms with Crippen molar-refractivity contribution in [3.05, 3.63) is 26.6 Å². The lowest BCUT2D eigenvalue weighted by molar-refractivity contribution is 0.561. The number of hydrogen-bond donors (Lipinski definition) is 1. The summed E-state index contributed by atoms with van der Waals surface area (Å²) in [6.45, 7) is 6.49. The Morgan fingerprint density at radius 2 is 2.23 bits per heavy atom. The van der Waals surface area contributed by atoms with Crippen LogP contribution in [0.5, 0.6) is 0 Å². The topological polar surface area (TPSA) is 89.3 Å². The Hall–Kier alpha value is -1.74. The van der Waals surface area contributed by atoms with Gasteiger partial charge >= 0.3 is 0 Å². The molecule has 3 heterocycles. The number of hydrogen-bond acceptors (Lipinski definition) is 7. The Bertz CT molecular complexity index is 987. The molecule has 26 heavy (non-hydrogen) atoms. The first-order valence-electron chi connectivity index (χ1n) is 8.98. The predicted octanol–water partition coefficient (Wildman–Crippen LogP) is 3.50. The molecule has 7 nitrogen and oxygen atoms in total. The number of thiophene rings is 1. The van der Waals surface area contributed by atoms with E-state index >= 15 is 0 Å². The molecular weight excluding hydrogens is 368 g/mol. The van der Waals surface area contributed by atoms with Gasteiger partial charge in [-0.05, 0) is 48.1 Å². The fourth-order valence-electron chi connectivity index (χ4n) is 2.99. The molecule has 0 unspecified atom stereocenters. The van der Waals surface area contributed by atoms with E-state index in [1.165, 1.54) is 16.6 Å². The molecule has 1 fully saturated rings. The Kier molecular flexibility index (Phi) is 4.83. The van der Waals surface area contributed by atoms with Crippen LogP contribution in [0.3, 0.4) is 0 Å². The number of fused-ring (bicyclic) bond motifs is 1. The highest BCUT2D eigenvalue weighted by atomic mass is 32.2. The van der Waals surface area contributed by atoms with E-state index in [1.54, 1.807) is 11.3 Å². The van der Waals surface area contributed by atoms with Gasteiger partial charge in [-0.1, -0.05) is 32.0 Å². The first kappa shape index (κ1) is 17.7. The maximum Gasteiger partial charge on any atom is 0.259 e. The van der Waals surface area contributed by atoms with Crippen LogP contribution in [0.2, 0.25) is 0 Å². The number of nitrogens with zero attached hydrogens (tertiary/aromatic N) is 5. The summed E-state index contributed by atoms with van der Waals surface area (Å²) in [4.78, 5) is 22.4. The minimum Gasteiger partial charge on any atom is -0.309 e. The highest BCUT2D eigenvalue weighted by Gasteiger charge is 2.28. The number of rotatable bonds is 7. The average Bonchev–Trinajstić information content (AvgIpc) is 3.27. The Morgan fingerprint density at radius 1 is 1.42 bits per heavy atom. The molecule has 0 aliphatic heterocycles. The molecule has 1 aliphatic rings. The summed E-state index contributed by atoms with van der Waals surface area (Å²) in [6.07, 6.45) is 4.30. The molecular formula is C17H22N6OS2. The number of nitrogens with one attached hydrogen (secondary N) is 1. The number of thioether (sulfide) groups is 1. The minimum atomic E-state index is -0.0324. The zero-order valence-electron chi connectivity index (χ0n) is 15.2. The molecule has 1 atom stereocenters. The van der Waals surface area contributed by atoms with Crippen molar-refractivity contribution in [2.45, 2.75) is 63.4 Å². The van der Waals surface area contributed by atoms with E-state index < -0.39 is 0 Å². The number of aromatic amines is 1. The molecule has 0 bridgehead atoms. The summed E-state index contributed by atoms with van der Waals surface area (Å²) in [6, 6.07) is 0.435. The summed E-state index contributed by atoms with van der Waals surface area (Å²) in [7, 11) is 0. The Labute approximate surface area is 159 Å². The third kappa shape index (κ3) is 3.42. The molecule has 1 N–H and O–H groups in total. The molecule has 3 aromatic heterocycles. The van der Waals surface area contributed by atoms with Crippen molar-refractivity contribution in [1.29, 1.82) is 0 Å². The van der Waals surface area contributed by atoms with Gasteiger partial charge in [0.25, 0.3) is 5.56 Å². The molecule has 1 aliphatic carbocycles. The van der Waals surface area contributed by atoms with Crippen LogP contribution in [0.4, 0.5) is 0 Å². The van der Waals surface area contributed by atoms with Gasteiger partial charge in [0.1, 0.15) is 10.7 Å². The van der Waals surface area contributed by atoms with Crippen LogP contribution in [0.1, 0.15) is 55.4 Å². The van der Waals surface area contributed by atoms with Crippen LogP contribution in [0, 0.1) is 12.8 Å². The number of aromatic nitrogens is 6. The van der Waals surface area contributed by atoms with Crippen molar-refractivity contribution in [1.82, 2.24) is 30.2 Å². The van der Waals surface area contributed by atoms with Crippen LogP contribution in [-0.2, 0) is 12.2 Å².